The topological polar surface area (TPSA) is 55.4 Å². The van der Waals surface area contributed by atoms with E-state index in [0.29, 0.717) is 11.1 Å². The standard InChI is InChI=1S/C19H20FNO3/c1-13(21-19(23)15-7-4-3-5-8-15)11-18(22)24-14(2)16-9-6-10-17(20)12-16/h3-10,12-14H,11H2,1-2H3,(H,21,23). The lowest BCUT2D eigenvalue weighted by molar-refractivity contribution is -0.149. The first kappa shape index (κ1) is 17.7. The van der Waals surface area contributed by atoms with Crippen LogP contribution in [0.4, 0.5) is 4.39 Å². The molecule has 0 saturated carbocycles. The van der Waals surface area contributed by atoms with Crippen molar-refractivity contribution in [3.8, 4) is 0 Å². The molecule has 0 bridgehead atoms. The molecule has 24 heavy (non-hydrogen) atoms. The molecule has 2 rings (SSSR count). The Bertz CT molecular complexity index is 703. The van der Waals surface area contributed by atoms with E-state index < -0.39 is 12.1 Å². The van der Waals surface area contributed by atoms with Crippen molar-refractivity contribution in [2.75, 3.05) is 0 Å². The average Bonchev–Trinajstić information content (AvgIpc) is 2.55. The zero-order valence-electron chi connectivity index (χ0n) is 13.7. The van der Waals surface area contributed by atoms with Crippen LogP contribution in [0.25, 0.3) is 0 Å². The van der Waals surface area contributed by atoms with Gasteiger partial charge in [0.25, 0.3) is 5.91 Å². The van der Waals surface area contributed by atoms with Gasteiger partial charge in [0.2, 0.25) is 0 Å². The molecule has 0 spiro atoms. The van der Waals surface area contributed by atoms with Gasteiger partial charge in [-0.05, 0) is 43.7 Å². The molecule has 126 valence electrons. The van der Waals surface area contributed by atoms with E-state index in [1.54, 1.807) is 50.2 Å². The first-order valence-electron chi connectivity index (χ1n) is 7.76. The summed E-state index contributed by atoms with van der Waals surface area (Å²) in [6, 6.07) is 14.3. The molecule has 0 saturated heterocycles. The van der Waals surface area contributed by atoms with E-state index in [2.05, 4.69) is 5.32 Å². The highest BCUT2D eigenvalue weighted by Crippen LogP contribution is 2.18. The number of benzene rings is 2. The molecule has 0 aliphatic heterocycles. The molecule has 2 aromatic carbocycles. The molecule has 0 aromatic heterocycles. The normalized spacial score (nSPS) is 13.0. The third-order valence-corrected chi connectivity index (χ3v) is 3.51. The summed E-state index contributed by atoms with van der Waals surface area (Å²) < 4.78 is 18.5. The number of amides is 1. The van der Waals surface area contributed by atoms with Crippen LogP contribution in [-0.4, -0.2) is 17.9 Å². The minimum absolute atomic E-state index is 0.0399. The number of rotatable bonds is 6. The summed E-state index contributed by atoms with van der Waals surface area (Å²) in [6.07, 6.45) is -0.511. The fraction of sp³-hybridized carbons (Fsp3) is 0.263. The van der Waals surface area contributed by atoms with Crippen molar-refractivity contribution >= 4 is 11.9 Å². The minimum atomic E-state index is -0.551. The molecule has 1 N–H and O–H groups in total. The van der Waals surface area contributed by atoms with Gasteiger partial charge in [-0.25, -0.2) is 4.39 Å². The Labute approximate surface area is 140 Å². The van der Waals surface area contributed by atoms with Gasteiger partial charge in [-0.1, -0.05) is 30.3 Å². The number of hydrogen-bond acceptors (Lipinski definition) is 3. The molecule has 0 radical (unpaired) electrons. The minimum Gasteiger partial charge on any atom is -0.458 e. The van der Waals surface area contributed by atoms with E-state index in [0.717, 1.165) is 0 Å². The van der Waals surface area contributed by atoms with E-state index in [1.165, 1.54) is 12.1 Å². The van der Waals surface area contributed by atoms with Gasteiger partial charge in [0, 0.05) is 11.6 Å². The molecule has 0 aliphatic rings. The molecule has 0 fully saturated rings. The Morgan fingerprint density at radius 2 is 1.79 bits per heavy atom. The van der Waals surface area contributed by atoms with Crippen LogP contribution in [0.3, 0.4) is 0 Å². The summed E-state index contributed by atoms with van der Waals surface area (Å²) >= 11 is 0. The van der Waals surface area contributed by atoms with E-state index in [1.807, 2.05) is 6.07 Å². The molecule has 4 nitrogen and oxygen atoms in total. The van der Waals surface area contributed by atoms with Gasteiger partial charge >= 0.3 is 5.97 Å². The number of nitrogens with one attached hydrogen (secondary N) is 1. The zero-order valence-corrected chi connectivity index (χ0v) is 13.7. The van der Waals surface area contributed by atoms with Crippen molar-refractivity contribution < 1.29 is 18.7 Å². The van der Waals surface area contributed by atoms with Gasteiger partial charge in [0.05, 0.1) is 6.42 Å². The molecule has 2 atom stereocenters. The smallest absolute Gasteiger partial charge is 0.308 e. The number of ether oxygens (including phenoxy) is 1. The van der Waals surface area contributed by atoms with Crippen LogP contribution in [0.5, 0.6) is 0 Å². The number of esters is 1. The zero-order chi connectivity index (χ0) is 17.5. The molecule has 2 aromatic rings. The Balaban J connectivity index is 1.84. The average molecular weight is 329 g/mol. The number of carbonyl (C=O) groups excluding carboxylic acids is 2. The van der Waals surface area contributed by atoms with Crippen LogP contribution >= 0.6 is 0 Å². The highest BCUT2D eigenvalue weighted by atomic mass is 19.1. The van der Waals surface area contributed by atoms with Crippen molar-refractivity contribution in [2.45, 2.75) is 32.4 Å². The van der Waals surface area contributed by atoms with Crippen LogP contribution in [0, 0.1) is 5.82 Å². The number of carbonyl (C=O) groups is 2. The van der Waals surface area contributed by atoms with Crippen molar-refractivity contribution in [3.05, 3.63) is 71.5 Å². The summed E-state index contributed by atoms with van der Waals surface area (Å²) in [7, 11) is 0. The Morgan fingerprint density at radius 1 is 1.08 bits per heavy atom. The third-order valence-electron chi connectivity index (χ3n) is 3.51. The van der Waals surface area contributed by atoms with Gasteiger partial charge in [0.1, 0.15) is 11.9 Å². The molecule has 1 amide bonds. The maximum Gasteiger partial charge on any atom is 0.308 e. The lowest BCUT2D eigenvalue weighted by Gasteiger charge is -2.17. The fourth-order valence-electron chi connectivity index (χ4n) is 2.27. The fourth-order valence-corrected chi connectivity index (χ4v) is 2.27. The van der Waals surface area contributed by atoms with E-state index in [-0.39, 0.29) is 24.2 Å². The summed E-state index contributed by atoms with van der Waals surface area (Å²) in [6.45, 7) is 3.41. The van der Waals surface area contributed by atoms with Crippen molar-refractivity contribution in [1.82, 2.24) is 5.32 Å². The van der Waals surface area contributed by atoms with Crippen LogP contribution in [0.2, 0.25) is 0 Å². The lowest BCUT2D eigenvalue weighted by atomic mass is 10.1. The first-order valence-corrected chi connectivity index (χ1v) is 7.76. The SMILES string of the molecule is CC(CC(=O)OC(C)c1cccc(F)c1)NC(=O)c1ccccc1. The van der Waals surface area contributed by atoms with Crippen LogP contribution in [0.15, 0.2) is 54.6 Å². The Kier molecular flexibility index (Phi) is 6.07. The maximum absolute atomic E-state index is 13.2. The summed E-state index contributed by atoms with van der Waals surface area (Å²) in [5.74, 6) is -1.07. The Morgan fingerprint density at radius 3 is 2.46 bits per heavy atom. The summed E-state index contributed by atoms with van der Waals surface area (Å²) in [4.78, 5) is 24.0. The highest BCUT2D eigenvalue weighted by Gasteiger charge is 2.17. The van der Waals surface area contributed by atoms with Crippen molar-refractivity contribution in [2.24, 2.45) is 0 Å². The molecular weight excluding hydrogens is 309 g/mol. The second kappa shape index (κ2) is 8.24. The Hall–Kier alpha value is -2.69. The molecule has 5 heteroatoms. The van der Waals surface area contributed by atoms with Crippen LogP contribution in [-0.2, 0) is 9.53 Å². The highest BCUT2D eigenvalue weighted by molar-refractivity contribution is 5.94. The molecule has 0 aliphatic carbocycles. The van der Waals surface area contributed by atoms with Crippen molar-refractivity contribution in [3.63, 3.8) is 0 Å². The van der Waals surface area contributed by atoms with E-state index in [9.17, 15) is 14.0 Å². The third kappa shape index (κ3) is 5.19. The van der Waals surface area contributed by atoms with E-state index >= 15 is 0 Å². The maximum atomic E-state index is 13.2. The summed E-state index contributed by atoms with van der Waals surface area (Å²) in [5.41, 5.74) is 1.12. The number of halogens is 1. The second-order valence-corrected chi connectivity index (χ2v) is 5.63. The van der Waals surface area contributed by atoms with Crippen LogP contribution in [0.1, 0.15) is 42.3 Å². The van der Waals surface area contributed by atoms with Gasteiger partial charge in [-0.2, -0.15) is 0 Å². The largest absolute Gasteiger partial charge is 0.458 e. The molecular formula is C19H20FNO3. The van der Waals surface area contributed by atoms with Gasteiger partial charge < -0.3 is 10.1 Å². The van der Waals surface area contributed by atoms with Gasteiger partial charge in [-0.3, -0.25) is 9.59 Å². The second-order valence-electron chi connectivity index (χ2n) is 5.63. The monoisotopic (exact) mass is 329 g/mol. The predicted octanol–water partition coefficient (Wildman–Crippen LogP) is 3.64. The van der Waals surface area contributed by atoms with Gasteiger partial charge in [-0.15, -0.1) is 0 Å². The number of hydrogen-bond donors (Lipinski definition) is 1. The van der Waals surface area contributed by atoms with Crippen molar-refractivity contribution in [1.29, 1.82) is 0 Å². The quantitative estimate of drug-likeness (QED) is 0.823. The van der Waals surface area contributed by atoms with Gasteiger partial charge in [0.15, 0.2) is 0 Å². The predicted molar refractivity (Wildman–Crippen MR) is 88.9 cm³/mol. The lowest BCUT2D eigenvalue weighted by Crippen LogP contribution is -2.34. The molecule has 0 heterocycles. The van der Waals surface area contributed by atoms with E-state index in [4.69, 9.17) is 4.74 Å². The first-order chi connectivity index (χ1) is 11.5. The molecule has 2 unspecified atom stereocenters. The summed E-state index contributed by atoms with van der Waals surface area (Å²) in [5, 5.41) is 2.75. The van der Waals surface area contributed by atoms with Crippen LogP contribution < -0.4 is 5.32 Å².